The fourth-order valence-electron chi connectivity index (χ4n) is 4.53. The van der Waals surface area contributed by atoms with Crippen LogP contribution in [0.2, 0.25) is 5.02 Å². The van der Waals surface area contributed by atoms with E-state index in [1.807, 2.05) is 38.1 Å². The molecule has 1 aliphatic heterocycles. The number of aliphatic hydroxyl groups excluding tert-OH is 1. The number of anilines is 1. The van der Waals surface area contributed by atoms with Crippen molar-refractivity contribution in [2.75, 3.05) is 25.1 Å². The fraction of sp³-hybridized carbons (Fsp3) is 0.478. The molecule has 2 aromatic rings. The molecular formula is C23H27ClN2O4. The number of methoxy groups -OCH3 is 1. The highest BCUT2D eigenvalue weighted by atomic mass is 35.5. The van der Waals surface area contributed by atoms with E-state index in [1.165, 1.54) is 7.11 Å². The van der Waals surface area contributed by atoms with Gasteiger partial charge in [0.05, 0.1) is 18.2 Å². The van der Waals surface area contributed by atoms with E-state index in [-0.39, 0.29) is 6.10 Å². The van der Waals surface area contributed by atoms with Gasteiger partial charge in [0.2, 0.25) is 0 Å². The Labute approximate surface area is 181 Å². The van der Waals surface area contributed by atoms with Gasteiger partial charge in [-0.3, -0.25) is 0 Å². The van der Waals surface area contributed by atoms with Crippen LogP contribution in [-0.4, -0.2) is 48.5 Å². The van der Waals surface area contributed by atoms with E-state index in [0.29, 0.717) is 34.7 Å². The molecule has 0 amide bonds. The lowest BCUT2D eigenvalue weighted by atomic mass is 9.78. The van der Waals surface area contributed by atoms with Gasteiger partial charge in [-0.15, -0.1) is 0 Å². The molecule has 2 fully saturated rings. The highest BCUT2D eigenvalue weighted by molar-refractivity contribution is 6.32. The summed E-state index contributed by atoms with van der Waals surface area (Å²) >= 11 is 6.37. The first-order chi connectivity index (χ1) is 14.4. The SMILES string of the molecule is COC(=O)c1cccc(N2C[C@H]3C[C@@H](Oc4cc(C)c(C)cc4Cl)[C@H](O)C[C@H]3C2)n1. The second-order valence-electron chi connectivity index (χ2n) is 8.36. The minimum atomic E-state index is -0.543. The van der Waals surface area contributed by atoms with Crippen LogP contribution < -0.4 is 9.64 Å². The maximum absolute atomic E-state index is 11.8. The lowest BCUT2D eigenvalue weighted by molar-refractivity contribution is -0.0231. The first-order valence-electron chi connectivity index (χ1n) is 10.3. The predicted molar refractivity (Wildman–Crippen MR) is 115 cm³/mol. The molecule has 4 rings (SSSR count). The normalized spacial score (nSPS) is 25.7. The number of hydrogen-bond donors (Lipinski definition) is 1. The van der Waals surface area contributed by atoms with E-state index in [9.17, 15) is 9.90 Å². The average Bonchev–Trinajstić information content (AvgIpc) is 3.14. The summed E-state index contributed by atoms with van der Waals surface area (Å²) in [5, 5.41) is 11.3. The highest BCUT2D eigenvalue weighted by Gasteiger charge is 2.43. The van der Waals surface area contributed by atoms with Crippen molar-refractivity contribution < 1.29 is 19.4 Å². The molecule has 2 aliphatic rings. The molecule has 2 heterocycles. The number of benzene rings is 1. The average molecular weight is 431 g/mol. The van der Waals surface area contributed by atoms with Crippen LogP contribution in [-0.2, 0) is 4.74 Å². The van der Waals surface area contributed by atoms with Crippen LogP contribution in [0.25, 0.3) is 0 Å². The molecule has 160 valence electrons. The number of aromatic nitrogens is 1. The molecule has 1 saturated heterocycles. The molecular weight excluding hydrogens is 404 g/mol. The second kappa shape index (κ2) is 8.44. The molecule has 0 bridgehead atoms. The highest BCUT2D eigenvalue weighted by Crippen LogP contribution is 2.40. The number of carbonyl (C=O) groups excluding carboxylic acids is 1. The van der Waals surface area contributed by atoms with Crippen LogP contribution in [0.5, 0.6) is 5.75 Å². The van der Waals surface area contributed by atoms with Crippen LogP contribution in [0.1, 0.15) is 34.5 Å². The van der Waals surface area contributed by atoms with Crippen molar-refractivity contribution in [1.82, 2.24) is 4.98 Å². The molecule has 0 spiro atoms. The van der Waals surface area contributed by atoms with E-state index in [1.54, 1.807) is 6.07 Å². The Morgan fingerprint density at radius 2 is 1.87 bits per heavy atom. The molecule has 4 atom stereocenters. The predicted octanol–water partition coefficient (Wildman–Crippen LogP) is 3.79. The number of fused-ring (bicyclic) bond motifs is 1. The van der Waals surface area contributed by atoms with Crippen LogP contribution >= 0.6 is 11.6 Å². The van der Waals surface area contributed by atoms with Crippen molar-refractivity contribution >= 4 is 23.4 Å². The molecule has 1 aliphatic carbocycles. The van der Waals surface area contributed by atoms with Gasteiger partial charge in [0.25, 0.3) is 0 Å². The fourth-order valence-corrected chi connectivity index (χ4v) is 4.79. The van der Waals surface area contributed by atoms with Gasteiger partial charge < -0.3 is 19.5 Å². The van der Waals surface area contributed by atoms with Crippen LogP contribution in [0, 0.1) is 25.7 Å². The molecule has 0 radical (unpaired) electrons. The molecule has 1 N–H and O–H groups in total. The minimum Gasteiger partial charge on any atom is -0.486 e. The molecule has 0 unspecified atom stereocenters. The lowest BCUT2D eigenvalue weighted by Gasteiger charge is -2.35. The van der Waals surface area contributed by atoms with Crippen molar-refractivity contribution in [2.45, 2.75) is 38.9 Å². The van der Waals surface area contributed by atoms with Gasteiger partial charge in [-0.05, 0) is 73.9 Å². The number of esters is 1. The lowest BCUT2D eigenvalue weighted by Crippen LogP contribution is -2.42. The zero-order chi connectivity index (χ0) is 21.4. The monoisotopic (exact) mass is 430 g/mol. The molecule has 7 heteroatoms. The van der Waals surface area contributed by atoms with E-state index < -0.39 is 12.1 Å². The number of rotatable bonds is 4. The zero-order valence-corrected chi connectivity index (χ0v) is 18.2. The summed E-state index contributed by atoms with van der Waals surface area (Å²) in [4.78, 5) is 18.4. The zero-order valence-electron chi connectivity index (χ0n) is 17.5. The number of carbonyl (C=O) groups is 1. The van der Waals surface area contributed by atoms with Gasteiger partial charge in [-0.25, -0.2) is 9.78 Å². The molecule has 1 saturated carbocycles. The molecule has 30 heavy (non-hydrogen) atoms. The van der Waals surface area contributed by atoms with Gasteiger partial charge >= 0.3 is 5.97 Å². The smallest absolute Gasteiger partial charge is 0.356 e. The third-order valence-electron chi connectivity index (χ3n) is 6.36. The number of halogens is 1. The molecule has 1 aromatic carbocycles. The first kappa shape index (κ1) is 20.9. The van der Waals surface area contributed by atoms with Gasteiger partial charge in [0.1, 0.15) is 17.7 Å². The summed E-state index contributed by atoms with van der Waals surface area (Å²) in [5.74, 6) is 1.69. The Morgan fingerprint density at radius 3 is 2.60 bits per heavy atom. The van der Waals surface area contributed by atoms with E-state index >= 15 is 0 Å². The van der Waals surface area contributed by atoms with Crippen molar-refractivity contribution in [3.05, 3.63) is 52.2 Å². The van der Waals surface area contributed by atoms with Gasteiger partial charge in [0, 0.05) is 13.1 Å². The Hall–Kier alpha value is -2.31. The summed E-state index contributed by atoms with van der Waals surface area (Å²) in [6.45, 7) is 5.66. The number of hydrogen-bond acceptors (Lipinski definition) is 6. The molecule has 1 aromatic heterocycles. The van der Waals surface area contributed by atoms with Crippen molar-refractivity contribution in [3.8, 4) is 5.75 Å². The number of pyridine rings is 1. The quantitative estimate of drug-likeness (QED) is 0.744. The third kappa shape index (κ3) is 4.12. The maximum Gasteiger partial charge on any atom is 0.356 e. The summed E-state index contributed by atoms with van der Waals surface area (Å²) in [6.07, 6.45) is 0.589. The van der Waals surface area contributed by atoms with Gasteiger partial charge in [-0.1, -0.05) is 17.7 Å². The van der Waals surface area contributed by atoms with Gasteiger partial charge in [0.15, 0.2) is 5.69 Å². The number of aliphatic hydroxyl groups is 1. The van der Waals surface area contributed by atoms with Crippen molar-refractivity contribution in [1.29, 1.82) is 0 Å². The summed E-state index contributed by atoms with van der Waals surface area (Å²) in [5.41, 5.74) is 2.53. The Balaban J connectivity index is 1.47. The maximum atomic E-state index is 11.8. The topological polar surface area (TPSA) is 71.9 Å². The van der Waals surface area contributed by atoms with E-state index in [2.05, 4.69) is 9.88 Å². The van der Waals surface area contributed by atoms with Crippen LogP contribution in [0.15, 0.2) is 30.3 Å². The largest absolute Gasteiger partial charge is 0.486 e. The van der Waals surface area contributed by atoms with E-state index in [0.717, 1.165) is 36.5 Å². The van der Waals surface area contributed by atoms with Crippen molar-refractivity contribution in [2.24, 2.45) is 11.8 Å². The Morgan fingerprint density at radius 1 is 1.17 bits per heavy atom. The Bertz CT molecular complexity index is 951. The van der Waals surface area contributed by atoms with E-state index in [4.69, 9.17) is 21.1 Å². The van der Waals surface area contributed by atoms with Crippen LogP contribution in [0.3, 0.4) is 0 Å². The third-order valence-corrected chi connectivity index (χ3v) is 6.66. The van der Waals surface area contributed by atoms with Gasteiger partial charge in [-0.2, -0.15) is 0 Å². The summed E-state index contributed by atoms with van der Waals surface area (Å²) in [7, 11) is 1.35. The minimum absolute atomic E-state index is 0.292. The van der Waals surface area contributed by atoms with Crippen molar-refractivity contribution in [3.63, 3.8) is 0 Å². The Kier molecular flexibility index (Phi) is 5.89. The number of nitrogens with zero attached hydrogens (tertiary/aromatic N) is 2. The molecule has 6 nitrogen and oxygen atoms in total. The standard InChI is InChI=1S/C23H27ClN2O4/c1-13-7-17(24)20(8-14(13)2)30-21-10-16-12-26(11-15(16)9-19(21)27)22-6-4-5-18(25-22)23(28)29-3/h4-8,15-16,19,21,27H,9-12H2,1-3H3/t15-,16+,19+,21+/m0/s1. The number of aryl methyl sites for hydroxylation is 2. The second-order valence-corrected chi connectivity index (χ2v) is 8.77. The summed E-state index contributed by atoms with van der Waals surface area (Å²) < 4.78 is 10.9. The summed E-state index contributed by atoms with van der Waals surface area (Å²) in [6, 6.07) is 9.22. The first-order valence-corrected chi connectivity index (χ1v) is 10.6. The number of ether oxygens (including phenoxy) is 2. The van der Waals surface area contributed by atoms with Crippen LogP contribution in [0.4, 0.5) is 5.82 Å².